The predicted octanol–water partition coefficient (Wildman–Crippen LogP) is 4.13. The fourth-order valence-corrected chi connectivity index (χ4v) is 4.07. The Bertz CT molecular complexity index is 571. The van der Waals surface area contributed by atoms with E-state index in [1.54, 1.807) is 23.1 Å². The van der Waals surface area contributed by atoms with Crippen molar-refractivity contribution in [1.29, 1.82) is 0 Å². The lowest BCUT2D eigenvalue weighted by Crippen LogP contribution is -2.11. The molecule has 1 nitrogen and oxygen atoms in total. The number of benzene rings is 1. The quantitative estimate of drug-likeness (QED) is 0.755. The van der Waals surface area contributed by atoms with Gasteiger partial charge >= 0.3 is 0 Å². The molecule has 1 unspecified atom stereocenters. The first kappa shape index (κ1) is 11.1. The first-order chi connectivity index (χ1) is 8.25. The lowest BCUT2D eigenvalue weighted by Gasteiger charge is -2.07. The summed E-state index contributed by atoms with van der Waals surface area (Å²) in [5, 5.41) is 1.98. The van der Waals surface area contributed by atoms with Crippen LogP contribution in [0.1, 0.15) is 26.7 Å². The van der Waals surface area contributed by atoms with Gasteiger partial charge in [0, 0.05) is 26.5 Å². The van der Waals surface area contributed by atoms with Crippen molar-refractivity contribution in [2.75, 3.05) is 5.75 Å². The van der Waals surface area contributed by atoms with Crippen molar-refractivity contribution in [3.05, 3.63) is 51.7 Å². The van der Waals surface area contributed by atoms with Crippen LogP contribution in [-0.2, 0) is 0 Å². The Morgan fingerprint density at radius 1 is 1.35 bits per heavy atom. The van der Waals surface area contributed by atoms with Crippen LogP contribution in [-0.4, -0.2) is 11.5 Å². The SMILES string of the molecule is Cc1cc(C(=O)C2CSc3ccccc32)cs1. The Kier molecular flexibility index (Phi) is 2.81. The van der Waals surface area contributed by atoms with Gasteiger partial charge in [0.25, 0.3) is 0 Å². The van der Waals surface area contributed by atoms with Crippen molar-refractivity contribution in [1.82, 2.24) is 0 Å². The number of rotatable bonds is 2. The average molecular weight is 260 g/mol. The van der Waals surface area contributed by atoms with E-state index in [1.165, 1.54) is 15.3 Å². The standard InChI is InChI=1S/C14H12OS2/c1-9-6-10(7-16-9)14(15)12-8-17-13-5-3-2-4-11(12)13/h2-7,12H,8H2,1H3. The van der Waals surface area contributed by atoms with E-state index >= 15 is 0 Å². The molecule has 2 heterocycles. The molecule has 1 aliphatic heterocycles. The zero-order chi connectivity index (χ0) is 11.8. The third-order valence-electron chi connectivity index (χ3n) is 3.03. The van der Waals surface area contributed by atoms with E-state index in [-0.39, 0.29) is 11.7 Å². The molecular formula is C14H12OS2. The van der Waals surface area contributed by atoms with Crippen molar-refractivity contribution >= 4 is 28.9 Å². The first-order valence-electron chi connectivity index (χ1n) is 5.57. The van der Waals surface area contributed by atoms with Crippen LogP contribution in [0.4, 0.5) is 0 Å². The van der Waals surface area contributed by atoms with Gasteiger partial charge in [-0.05, 0) is 24.6 Å². The van der Waals surface area contributed by atoms with Gasteiger partial charge in [-0.2, -0.15) is 0 Å². The van der Waals surface area contributed by atoms with Gasteiger partial charge in [-0.1, -0.05) is 18.2 Å². The van der Waals surface area contributed by atoms with Crippen molar-refractivity contribution in [3.8, 4) is 0 Å². The summed E-state index contributed by atoms with van der Waals surface area (Å²) in [6.07, 6.45) is 0. The summed E-state index contributed by atoms with van der Waals surface area (Å²) in [6, 6.07) is 10.2. The topological polar surface area (TPSA) is 17.1 Å². The van der Waals surface area contributed by atoms with Crippen molar-refractivity contribution in [2.45, 2.75) is 17.7 Å². The van der Waals surface area contributed by atoms with E-state index in [1.807, 2.05) is 30.5 Å². The van der Waals surface area contributed by atoms with Gasteiger partial charge < -0.3 is 0 Å². The van der Waals surface area contributed by atoms with E-state index < -0.39 is 0 Å². The highest BCUT2D eigenvalue weighted by atomic mass is 32.2. The number of thiophene rings is 1. The fraction of sp³-hybridized carbons (Fsp3) is 0.214. The van der Waals surface area contributed by atoms with Crippen LogP contribution in [0.15, 0.2) is 40.6 Å². The van der Waals surface area contributed by atoms with Crippen LogP contribution in [0.5, 0.6) is 0 Å². The molecule has 2 aromatic rings. The molecule has 3 rings (SSSR count). The minimum absolute atomic E-state index is 0.0465. The molecule has 0 spiro atoms. The number of ketones is 1. The number of Topliss-reactive ketones (excluding diaryl/α,β-unsaturated/α-hetero) is 1. The molecule has 1 aromatic carbocycles. The number of aryl methyl sites for hydroxylation is 1. The molecule has 0 aliphatic carbocycles. The number of carbonyl (C=O) groups is 1. The molecule has 0 saturated heterocycles. The molecule has 0 fully saturated rings. The molecule has 0 amide bonds. The number of thioether (sulfide) groups is 1. The van der Waals surface area contributed by atoms with Crippen LogP contribution in [0.25, 0.3) is 0 Å². The Labute approximate surface area is 109 Å². The number of hydrogen-bond acceptors (Lipinski definition) is 3. The predicted molar refractivity (Wildman–Crippen MR) is 73.3 cm³/mol. The molecule has 0 radical (unpaired) electrons. The van der Waals surface area contributed by atoms with Crippen molar-refractivity contribution < 1.29 is 4.79 Å². The molecule has 1 aliphatic rings. The van der Waals surface area contributed by atoms with Gasteiger partial charge in [-0.15, -0.1) is 23.1 Å². The molecule has 1 aromatic heterocycles. The maximum atomic E-state index is 12.4. The lowest BCUT2D eigenvalue weighted by atomic mass is 9.93. The Morgan fingerprint density at radius 2 is 2.18 bits per heavy atom. The third-order valence-corrected chi connectivity index (χ3v) is 5.08. The summed E-state index contributed by atoms with van der Waals surface area (Å²) in [7, 11) is 0. The summed E-state index contributed by atoms with van der Waals surface area (Å²) in [4.78, 5) is 14.9. The molecule has 17 heavy (non-hydrogen) atoms. The van der Waals surface area contributed by atoms with Crippen LogP contribution in [0, 0.1) is 6.92 Å². The van der Waals surface area contributed by atoms with Gasteiger partial charge in [0.15, 0.2) is 5.78 Å². The molecule has 3 heteroatoms. The highest BCUT2D eigenvalue weighted by Crippen LogP contribution is 2.41. The van der Waals surface area contributed by atoms with Gasteiger partial charge in [0.1, 0.15) is 0 Å². The second-order valence-corrected chi connectivity index (χ2v) is 6.39. The summed E-state index contributed by atoms with van der Waals surface area (Å²) in [5.41, 5.74) is 2.07. The van der Waals surface area contributed by atoms with Gasteiger partial charge in [-0.3, -0.25) is 4.79 Å². The summed E-state index contributed by atoms with van der Waals surface area (Å²) >= 11 is 3.43. The molecule has 1 atom stereocenters. The molecule has 0 saturated carbocycles. The summed E-state index contributed by atoms with van der Waals surface area (Å²) < 4.78 is 0. The van der Waals surface area contributed by atoms with E-state index in [2.05, 4.69) is 12.1 Å². The van der Waals surface area contributed by atoms with Crippen LogP contribution < -0.4 is 0 Å². The Hall–Kier alpha value is -1.06. The average Bonchev–Trinajstić information content (AvgIpc) is 2.94. The van der Waals surface area contributed by atoms with Crippen molar-refractivity contribution in [3.63, 3.8) is 0 Å². The van der Waals surface area contributed by atoms with E-state index in [4.69, 9.17) is 0 Å². The summed E-state index contributed by atoms with van der Waals surface area (Å²) in [6.45, 7) is 2.04. The third kappa shape index (κ3) is 1.94. The minimum Gasteiger partial charge on any atom is -0.293 e. The largest absolute Gasteiger partial charge is 0.293 e. The lowest BCUT2D eigenvalue weighted by molar-refractivity contribution is 0.0969. The number of fused-ring (bicyclic) bond motifs is 1. The monoisotopic (exact) mass is 260 g/mol. The van der Waals surface area contributed by atoms with Gasteiger partial charge in [-0.25, -0.2) is 0 Å². The second-order valence-electron chi connectivity index (χ2n) is 4.21. The van der Waals surface area contributed by atoms with E-state index in [9.17, 15) is 4.79 Å². The van der Waals surface area contributed by atoms with Crippen LogP contribution in [0.2, 0.25) is 0 Å². The van der Waals surface area contributed by atoms with Gasteiger partial charge in [0.2, 0.25) is 0 Å². The van der Waals surface area contributed by atoms with Gasteiger partial charge in [0.05, 0.1) is 5.92 Å². The first-order valence-corrected chi connectivity index (χ1v) is 7.43. The smallest absolute Gasteiger partial charge is 0.172 e. The van der Waals surface area contributed by atoms with E-state index in [0.29, 0.717) is 0 Å². The molecule has 86 valence electrons. The fourth-order valence-electron chi connectivity index (χ4n) is 2.15. The Balaban J connectivity index is 1.95. The highest BCUT2D eigenvalue weighted by molar-refractivity contribution is 7.99. The minimum atomic E-state index is 0.0465. The number of carbonyl (C=O) groups excluding carboxylic acids is 1. The second kappa shape index (κ2) is 4.31. The molecular weight excluding hydrogens is 248 g/mol. The number of hydrogen-bond donors (Lipinski definition) is 0. The van der Waals surface area contributed by atoms with Crippen LogP contribution >= 0.6 is 23.1 Å². The van der Waals surface area contributed by atoms with E-state index in [0.717, 1.165) is 11.3 Å². The maximum absolute atomic E-state index is 12.4. The van der Waals surface area contributed by atoms with Crippen molar-refractivity contribution in [2.24, 2.45) is 0 Å². The zero-order valence-electron chi connectivity index (χ0n) is 9.47. The normalized spacial score (nSPS) is 18.1. The Morgan fingerprint density at radius 3 is 2.94 bits per heavy atom. The summed E-state index contributed by atoms with van der Waals surface area (Å²) in [5.74, 6) is 1.20. The zero-order valence-corrected chi connectivity index (χ0v) is 11.1. The highest BCUT2D eigenvalue weighted by Gasteiger charge is 2.29. The van der Waals surface area contributed by atoms with Crippen LogP contribution in [0.3, 0.4) is 0 Å². The maximum Gasteiger partial charge on any atom is 0.172 e. The molecule has 0 bridgehead atoms. The molecule has 0 N–H and O–H groups in total.